The molecule has 0 amide bonds. The van der Waals surface area contributed by atoms with Crippen LogP contribution in [0.25, 0.3) is 0 Å². The monoisotopic (exact) mass is 550 g/mol. The highest BCUT2D eigenvalue weighted by atomic mass is 127. The Bertz CT molecular complexity index is 679. The van der Waals surface area contributed by atoms with E-state index in [1.165, 1.54) is 0 Å². The minimum Gasteiger partial charge on any atom is -0.497 e. The second-order valence-electron chi connectivity index (χ2n) is 7.57. The number of nitrogens with one attached hydrogen (secondary N) is 2. The highest BCUT2D eigenvalue weighted by Crippen LogP contribution is 2.33. The maximum absolute atomic E-state index is 5.54. The lowest BCUT2D eigenvalue weighted by atomic mass is 9.99. The SMILES string of the molecule is CN=C(NCC1(SC)CCOCC1)NC1CCN(c2cc(OC)cc(OC)c2)C1.I. The van der Waals surface area contributed by atoms with Crippen LogP contribution in [0.5, 0.6) is 11.5 Å². The number of ether oxygens (including phenoxy) is 3. The zero-order chi connectivity index (χ0) is 20.7. The molecule has 9 heteroatoms. The van der Waals surface area contributed by atoms with Crippen molar-refractivity contribution < 1.29 is 14.2 Å². The number of methoxy groups -OCH3 is 2. The topological polar surface area (TPSA) is 67.4 Å². The lowest BCUT2D eigenvalue weighted by Crippen LogP contribution is -2.50. The standard InChI is InChI=1S/C21H34N4O3S.HI/c1-22-20(23-15-21(29-4)6-9-28-10-7-21)24-16-5-8-25(14-16)17-11-18(26-2)13-19(12-17)27-3;/h11-13,16H,5-10,14-15H2,1-4H3,(H2,22,23,24);1H. The molecular formula is C21H35IN4O3S. The second kappa shape index (κ2) is 12.1. The summed E-state index contributed by atoms with van der Waals surface area (Å²) in [6.07, 6.45) is 5.41. The molecule has 2 saturated heterocycles. The van der Waals surface area contributed by atoms with Gasteiger partial charge in [-0.2, -0.15) is 11.8 Å². The fourth-order valence-corrected chi connectivity index (χ4v) is 4.71. The van der Waals surface area contributed by atoms with E-state index in [4.69, 9.17) is 14.2 Å². The van der Waals surface area contributed by atoms with Crippen molar-refractivity contribution in [3.05, 3.63) is 18.2 Å². The van der Waals surface area contributed by atoms with Gasteiger partial charge in [0.15, 0.2) is 5.96 Å². The molecule has 0 aliphatic carbocycles. The lowest BCUT2D eigenvalue weighted by molar-refractivity contribution is 0.0782. The summed E-state index contributed by atoms with van der Waals surface area (Å²) in [6.45, 7) is 4.49. The van der Waals surface area contributed by atoms with E-state index in [0.717, 1.165) is 75.3 Å². The lowest BCUT2D eigenvalue weighted by Gasteiger charge is -2.36. The van der Waals surface area contributed by atoms with Crippen LogP contribution in [0.15, 0.2) is 23.2 Å². The van der Waals surface area contributed by atoms with Crippen molar-refractivity contribution in [1.82, 2.24) is 10.6 Å². The third-order valence-electron chi connectivity index (χ3n) is 5.87. The predicted octanol–water partition coefficient (Wildman–Crippen LogP) is 2.98. The van der Waals surface area contributed by atoms with E-state index in [9.17, 15) is 0 Å². The predicted molar refractivity (Wildman–Crippen MR) is 136 cm³/mol. The number of nitrogens with zero attached hydrogens (tertiary/aromatic N) is 2. The molecule has 2 aliphatic rings. The molecule has 0 bridgehead atoms. The Labute approximate surface area is 201 Å². The highest BCUT2D eigenvalue weighted by Gasteiger charge is 2.32. The molecule has 30 heavy (non-hydrogen) atoms. The first kappa shape index (κ1) is 25.2. The number of halogens is 1. The van der Waals surface area contributed by atoms with Crippen LogP contribution < -0.4 is 25.0 Å². The molecule has 2 N–H and O–H groups in total. The van der Waals surface area contributed by atoms with Gasteiger partial charge in [-0.05, 0) is 25.5 Å². The van der Waals surface area contributed by atoms with E-state index < -0.39 is 0 Å². The van der Waals surface area contributed by atoms with Crippen molar-refractivity contribution in [2.24, 2.45) is 4.99 Å². The third-order valence-corrected chi connectivity index (χ3v) is 7.29. The second-order valence-corrected chi connectivity index (χ2v) is 8.85. The molecule has 1 aromatic rings. The average molecular weight is 551 g/mol. The number of hydrogen-bond donors (Lipinski definition) is 2. The Hall–Kier alpha value is -1.07. The van der Waals surface area contributed by atoms with E-state index in [0.29, 0.717) is 6.04 Å². The van der Waals surface area contributed by atoms with Gasteiger partial charge in [-0.1, -0.05) is 0 Å². The Morgan fingerprint density at radius 1 is 1.23 bits per heavy atom. The zero-order valence-corrected chi connectivity index (χ0v) is 21.5. The molecule has 2 fully saturated rings. The number of guanidine groups is 1. The summed E-state index contributed by atoms with van der Waals surface area (Å²) in [7, 11) is 5.20. The Morgan fingerprint density at radius 2 is 1.90 bits per heavy atom. The van der Waals surface area contributed by atoms with Crippen molar-refractivity contribution in [3.8, 4) is 11.5 Å². The fourth-order valence-electron chi connectivity index (χ4n) is 3.92. The summed E-state index contributed by atoms with van der Waals surface area (Å²) in [6, 6.07) is 6.37. The molecule has 0 spiro atoms. The summed E-state index contributed by atoms with van der Waals surface area (Å²) in [4.78, 5) is 6.81. The molecule has 2 aliphatic heterocycles. The van der Waals surface area contributed by atoms with Gasteiger partial charge in [0.1, 0.15) is 11.5 Å². The van der Waals surface area contributed by atoms with Crippen LogP contribution in [-0.2, 0) is 4.74 Å². The number of anilines is 1. The van der Waals surface area contributed by atoms with Gasteiger partial charge in [0.25, 0.3) is 0 Å². The van der Waals surface area contributed by atoms with E-state index in [2.05, 4.69) is 38.9 Å². The van der Waals surface area contributed by atoms with Gasteiger partial charge in [0, 0.05) is 74.6 Å². The molecule has 1 atom stereocenters. The van der Waals surface area contributed by atoms with E-state index in [-0.39, 0.29) is 28.7 Å². The number of thioether (sulfide) groups is 1. The average Bonchev–Trinajstić information content (AvgIpc) is 3.25. The van der Waals surface area contributed by atoms with Crippen LogP contribution in [0.3, 0.4) is 0 Å². The van der Waals surface area contributed by atoms with Gasteiger partial charge in [-0.25, -0.2) is 0 Å². The molecule has 170 valence electrons. The van der Waals surface area contributed by atoms with Gasteiger partial charge >= 0.3 is 0 Å². The summed E-state index contributed by atoms with van der Waals surface area (Å²) < 4.78 is 16.6. The number of hydrogen-bond acceptors (Lipinski definition) is 6. The van der Waals surface area contributed by atoms with E-state index >= 15 is 0 Å². The first-order valence-corrected chi connectivity index (χ1v) is 11.4. The fraction of sp³-hybridized carbons (Fsp3) is 0.667. The molecule has 0 saturated carbocycles. The molecule has 0 radical (unpaired) electrons. The smallest absolute Gasteiger partial charge is 0.191 e. The van der Waals surface area contributed by atoms with Crippen LogP contribution in [0.1, 0.15) is 19.3 Å². The first-order chi connectivity index (χ1) is 14.1. The van der Waals surface area contributed by atoms with Crippen molar-refractivity contribution >= 4 is 47.4 Å². The molecule has 3 rings (SSSR count). The van der Waals surface area contributed by atoms with Crippen LogP contribution in [0.4, 0.5) is 5.69 Å². The van der Waals surface area contributed by atoms with E-state index in [1.807, 2.05) is 24.9 Å². The van der Waals surface area contributed by atoms with Crippen molar-refractivity contribution in [2.75, 3.05) is 65.3 Å². The van der Waals surface area contributed by atoms with Crippen LogP contribution in [-0.4, -0.2) is 77.1 Å². The maximum Gasteiger partial charge on any atom is 0.191 e. The molecule has 7 nitrogen and oxygen atoms in total. The van der Waals surface area contributed by atoms with Crippen LogP contribution in [0.2, 0.25) is 0 Å². The normalized spacial score (nSPS) is 21.0. The van der Waals surface area contributed by atoms with Gasteiger partial charge in [-0.15, -0.1) is 24.0 Å². The zero-order valence-electron chi connectivity index (χ0n) is 18.4. The van der Waals surface area contributed by atoms with Crippen molar-refractivity contribution in [2.45, 2.75) is 30.1 Å². The van der Waals surface area contributed by atoms with Crippen LogP contribution >= 0.6 is 35.7 Å². The van der Waals surface area contributed by atoms with Gasteiger partial charge in [0.05, 0.1) is 14.2 Å². The van der Waals surface area contributed by atoms with E-state index in [1.54, 1.807) is 14.2 Å². The number of benzene rings is 1. The molecular weight excluding hydrogens is 515 g/mol. The van der Waals surface area contributed by atoms with Gasteiger partial charge in [-0.3, -0.25) is 4.99 Å². The number of aliphatic imine (C=N–C) groups is 1. The van der Waals surface area contributed by atoms with Crippen molar-refractivity contribution in [3.63, 3.8) is 0 Å². The third kappa shape index (κ3) is 6.46. The first-order valence-electron chi connectivity index (χ1n) is 10.2. The van der Waals surface area contributed by atoms with Gasteiger partial charge < -0.3 is 29.7 Å². The Kier molecular flexibility index (Phi) is 10.2. The summed E-state index contributed by atoms with van der Waals surface area (Å²) >= 11 is 1.94. The van der Waals surface area contributed by atoms with Crippen LogP contribution in [0, 0.1) is 0 Å². The quantitative estimate of drug-likeness (QED) is 0.308. The summed E-state index contributed by atoms with van der Waals surface area (Å²) in [5.74, 6) is 2.50. The molecule has 2 heterocycles. The Morgan fingerprint density at radius 3 is 2.47 bits per heavy atom. The Balaban J connectivity index is 0.00000320. The summed E-state index contributed by atoms with van der Waals surface area (Å²) in [5.41, 5.74) is 1.12. The highest BCUT2D eigenvalue weighted by molar-refractivity contribution is 14.0. The number of rotatable bonds is 7. The van der Waals surface area contributed by atoms with Crippen molar-refractivity contribution in [1.29, 1.82) is 0 Å². The van der Waals surface area contributed by atoms with Gasteiger partial charge in [0.2, 0.25) is 0 Å². The largest absolute Gasteiger partial charge is 0.497 e. The maximum atomic E-state index is 5.54. The minimum absolute atomic E-state index is 0. The molecule has 1 aromatic carbocycles. The molecule has 0 aromatic heterocycles. The summed E-state index contributed by atoms with van der Waals surface area (Å²) in [5, 5.41) is 7.15. The molecule has 1 unspecified atom stereocenters. The minimum atomic E-state index is 0.